The highest BCUT2D eigenvalue weighted by Crippen LogP contribution is 2.26. The lowest BCUT2D eigenvalue weighted by atomic mass is 10.0. The van der Waals surface area contributed by atoms with Crippen LogP contribution in [-0.4, -0.2) is 0 Å². The highest BCUT2D eigenvalue weighted by Gasteiger charge is 2.11. The molecule has 0 aliphatic carbocycles. The molecule has 1 rings (SSSR count). The van der Waals surface area contributed by atoms with Crippen molar-refractivity contribution in [3.8, 4) is 0 Å². The first-order valence-corrected chi connectivity index (χ1v) is 5.15. The Balaban J connectivity index is 0.00000169. The fourth-order valence-corrected chi connectivity index (χ4v) is 1.83. The maximum Gasteiger partial charge on any atom is 0.137 e. The molecule has 0 spiro atoms. The van der Waals surface area contributed by atoms with Gasteiger partial charge >= 0.3 is 0 Å². The molecule has 4 heteroatoms. The van der Waals surface area contributed by atoms with Crippen molar-refractivity contribution in [2.45, 2.75) is 25.8 Å². The van der Waals surface area contributed by atoms with E-state index in [1.54, 1.807) is 6.07 Å². The molecule has 1 aromatic carbocycles. The summed E-state index contributed by atoms with van der Waals surface area (Å²) in [5.41, 5.74) is 6.73. The van der Waals surface area contributed by atoms with Crippen LogP contribution in [0, 0.1) is 5.82 Å². The smallest absolute Gasteiger partial charge is 0.137 e. The maximum atomic E-state index is 13.1. The van der Waals surface area contributed by atoms with E-state index in [-0.39, 0.29) is 24.3 Å². The van der Waals surface area contributed by atoms with Gasteiger partial charge in [-0.1, -0.05) is 25.5 Å². The molecule has 1 nitrogen and oxygen atoms in total. The third kappa shape index (κ3) is 3.23. The molecule has 1 aromatic rings. The zero-order chi connectivity index (χ0) is 9.84. The number of hydrogen-bond donors (Lipinski definition) is 1. The van der Waals surface area contributed by atoms with Crippen LogP contribution >= 0.6 is 28.3 Å². The minimum atomic E-state index is -0.246. The van der Waals surface area contributed by atoms with Crippen molar-refractivity contribution in [2.75, 3.05) is 0 Å². The summed E-state index contributed by atoms with van der Waals surface area (Å²) >= 11 is 3.20. The zero-order valence-electron chi connectivity index (χ0n) is 7.97. The van der Waals surface area contributed by atoms with Gasteiger partial charge < -0.3 is 5.73 Å². The Morgan fingerprint density at radius 1 is 1.50 bits per heavy atom. The summed E-state index contributed by atoms with van der Waals surface area (Å²) in [6.07, 6.45) is 1.88. The molecule has 80 valence electrons. The van der Waals surface area contributed by atoms with E-state index >= 15 is 0 Å². The van der Waals surface area contributed by atoms with Crippen LogP contribution in [0.25, 0.3) is 0 Å². The SMILES string of the molecule is CCC[C@H](N)c1cccc(F)c1Br.Cl. The highest BCUT2D eigenvalue weighted by molar-refractivity contribution is 9.10. The van der Waals surface area contributed by atoms with E-state index in [4.69, 9.17) is 5.73 Å². The van der Waals surface area contributed by atoms with Crippen molar-refractivity contribution in [3.63, 3.8) is 0 Å². The van der Waals surface area contributed by atoms with Gasteiger partial charge in [0.15, 0.2) is 0 Å². The molecule has 0 amide bonds. The Bertz CT molecular complexity index is 293. The van der Waals surface area contributed by atoms with Gasteiger partial charge in [-0.25, -0.2) is 4.39 Å². The fourth-order valence-electron chi connectivity index (χ4n) is 1.27. The molecule has 0 radical (unpaired) electrons. The van der Waals surface area contributed by atoms with Crippen LogP contribution in [0.15, 0.2) is 22.7 Å². The van der Waals surface area contributed by atoms with E-state index in [0.29, 0.717) is 4.47 Å². The van der Waals surface area contributed by atoms with Crippen molar-refractivity contribution in [3.05, 3.63) is 34.1 Å². The molecule has 0 aliphatic rings. The molecular formula is C10H14BrClFN. The first kappa shape index (κ1) is 13.9. The lowest BCUT2D eigenvalue weighted by molar-refractivity contribution is 0.597. The lowest BCUT2D eigenvalue weighted by Crippen LogP contribution is -2.10. The molecule has 0 aromatic heterocycles. The van der Waals surface area contributed by atoms with E-state index < -0.39 is 0 Å². The van der Waals surface area contributed by atoms with Crippen molar-refractivity contribution in [1.82, 2.24) is 0 Å². The van der Waals surface area contributed by atoms with Gasteiger partial charge in [0.2, 0.25) is 0 Å². The number of hydrogen-bond acceptors (Lipinski definition) is 1. The predicted octanol–water partition coefficient (Wildman–Crippen LogP) is 3.81. The van der Waals surface area contributed by atoms with E-state index in [9.17, 15) is 4.39 Å². The maximum absolute atomic E-state index is 13.1. The van der Waals surface area contributed by atoms with Gasteiger partial charge in [-0.05, 0) is 34.0 Å². The summed E-state index contributed by atoms with van der Waals surface area (Å²) in [5, 5.41) is 0. The second kappa shape index (κ2) is 6.38. The van der Waals surface area contributed by atoms with Crippen molar-refractivity contribution in [2.24, 2.45) is 5.73 Å². The Labute approximate surface area is 98.4 Å². The van der Waals surface area contributed by atoms with Gasteiger partial charge in [0, 0.05) is 6.04 Å². The summed E-state index contributed by atoms with van der Waals surface area (Å²) < 4.78 is 13.6. The van der Waals surface area contributed by atoms with Gasteiger partial charge in [0.1, 0.15) is 5.82 Å². The van der Waals surface area contributed by atoms with E-state index in [1.165, 1.54) is 6.07 Å². The number of halogens is 3. The standard InChI is InChI=1S/C10H13BrFN.ClH/c1-2-4-9(13)7-5-3-6-8(12)10(7)11;/h3,5-6,9H,2,4,13H2,1H3;1H/t9-;/m0./s1. The Morgan fingerprint density at radius 2 is 2.14 bits per heavy atom. The van der Waals surface area contributed by atoms with Crippen LogP contribution in [0.2, 0.25) is 0 Å². The molecule has 0 saturated heterocycles. The third-order valence-corrected chi connectivity index (χ3v) is 2.82. The van der Waals surface area contributed by atoms with Crippen LogP contribution in [0.1, 0.15) is 31.4 Å². The van der Waals surface area contributed by atoms with Crippen molar-refractivity contribution >= 4 is 28.3 Å². The van der Waals surface area contributed by atoms with E-state index in [0.717, 1.165) is 18.4 Å². The minimum Gasteiger partial charge on any atom is -0.324 e. The Morgan fingerprint density at radius 3 is 2.71 bits per heavy atom. The fraction of sp³-hybridized carbons (Fsp3) is 0.400. The molecule has 0 unspecified atom stereocenters. The normalized spacial score (nSPS) is 12.0. The predicted molar refractivity (Wildman–Crippen MR) is 63.2 cm³/mol. The minimum absolute atomic E-state index is 0. The largest absolute Gasteiger partial charge is 0.324 e. The summed E-state index contributed by atoms with van der Waals surface area (Å²) in [4.78, 5) is 0. The first-order valence-electron chi connectivity index (χ1n) is 4.36. The van der Waals surface area contributed by atoms with Crippen LogP contribution in [0.3, 0.4) is 0 Å². The molecular weight excluding hydrogens is 268 g/mol. The third-order valence-electron chi connectivity index (χ3n) is 1.98. The summed E-state index contributed by atoms with van der Waals surface area (Å²) in [7, 11) is 0. The molecule has 1 atom stereocenters. The van der Waals surface area contributed by atoms with Crippen LogP contribution in [0.5, 0.6) is 0 Å². The molecule has 2 N–H and O–H groups in total. The number of rotatable bonds is 3. The summed E-state index contributed by atoms with van der Waals surface area (Å²) in [6, 6.07) is 4.89. The van der Waals surface area contributed by atoms with E-state index in [1.807, 2.05) is 6.07 Å². The van der Waals surface area contributed by atoms with Crippen LogP contribution in [0.4, 0.5) is 4.39 Å². The van der Waals surface area contributed by atoms with Crippen LogP contribution in [-0.2, 0) is 0 Å². The van der Waals surface area contributed by atoms with Crippen molar-refractivity contribution in [1.29, 1.82) is 0 Å². The Hall–Kier alpha value is -0.120. The number of benzene rings is 1. The van der Waals surface area contributed by atoms with Gasteiger partial charge in [0.25, 0.3) is 0 Å². The molecule has 0 heterocycles. The highest BCUT2D eigenvalue weighted by atomic mass is 79.9. The average molecular weight is 283 g/mol. The molecule has 0 bridgehead atoms. The Kier molecular flexibility index (Phi) is 6.33. The van der Waals surface area contributed by atoms with Gasteiger partial charge in [-0.3, -0.25) is 0 Å². The van der Waals surface area contributed by atoms with E-state index in [2.05, 4.69) is 22.9 Å². The lowest BCUT2D eigenvalue weighted by Gasteiger charge is -2.12. The average Bonchev–Trinajstić information content (AvgIpc) is 2.10. The zero-order valence-corrected chi connectivity index (χ0v) is 10.4. The topological polar surface area (TPSA) is 26.0 Å². The summed E-state index contributed by atoms with van der Waals surface area (Å²) in [6.45, 7) is 2.06. The second-order valence-corrected chi connectivity index (χ2v) is 3.83. The van der Waals surface area contributed by atoms with Crippen molar-refractivity contribution < 1.29 is 4.39 Å². The van der Waals surface area contributed by atoms with Crippen LogP contribution < -0.4 is 5.73 Å². The number of nitrogens with two attached hydrogens (primary N) is 1. The molecule has 0 aliphatic heterocycles. The van der Waals surface area contributed by atoms with Gasteiger partial charge in [-0.2, -0.15) is 0 Å². The second-order valence-electron chi connectivity index (χ2n) is 3.04. The van der Waals surface area contributed by atoms with Gasteiger partial charge in [-0.15, -0.1) is 12.4 Å². The molecule has 14 heavy (non-hydrogen) atoms. The molecule has 0 saturated carbocycles. The monoisotopic (exact) mass is 281 g/mol. The van der Waals surface area contributed by atoms with Gasteiger partial charge in [0.05, 0.1) is 4.47 Å². The molecule has 0 fully saturated rings. The summed E-state index contributed by atoms with van der Waals surface area (Å²) in [5.74, 6) is -0.246. The first-order chi connectivity index (χ1) is 6.16. The quantitative estimate of drug-likeness (QED) is 0.896.